The Morgan fingerprint density at radius 3 is 2.44 bits per heavy atom. The maximum Gasteiger partial charge on any atom is 0.256 e. The summed E-state index contributed by atoms with van der Waals surface area (Å²) in [5.41, 5.74) is 1.01. The number of aromatic nitrogens is 2. The first-order chi connectivity index (χ1) is 12.9. The maximum atomic E-state index is 14.2. The molecule has 1 aromatic carbocycles. The summed E-state index contributed by atoms with van der Waals surface area (Å²) < 4.78 is 19.2. The number of methoxy groups -OCH3 is 1. The van der Waals surface area contributed by atoms with Gasteiger partial charge in [0, 0.05) is 49.9 Å². The lowest BCUT2D eigenvalue weighted by atomic mass is 10.1. The number of anilines is 1. The number of aryl methyl sites for hydroxylation is 1. The highest BCUT2D eigenvalue weighted by Crippen LogP contribution is 2.21. The Morgan fingerprint density at radius 2 is 1.85 bits per heavy atom. The molecule has 0 unspecified atom stereocenters. The van der Waals surface area contributed by atoms with Crippen molar-refractivity contribution in [2.45, 2.75) is 26.7 Å². The van der Waals surface area contributed by atoms with E-state index in [1.165, 1.54) is 19.2 Å². The van der Waals surface area contributed by atoms with E-state index in [4.69, 9.17) is 4.74 Å². The van der Waals surface area contributed by atoms with E-state index in [9.17, 15) is 9.18 Å². The highest BCUT2D eigenvalue weighted by molar-refractivity contribution is 5.94. The highest BCUT2D eigenvalue weighted by Gasteiger charge is 2.25. The average molecular weight is 372 g/mol. The predicted molar refractivity (Wildman–Crippen MR) is 102 cm³/mol. The van der Waals surface area contributed by atoms with E-state index < -0.39 is 5.82 Å². The number of carbonyl (C=O) groups excluding carboxylic acids is 1. The van der Waals surface area contributed by atoms with Crippen LogP contribution < -0.4 is 9.64 Å². The molecule has 1 fully saturated rings. The fourth-order valence-electron chi connectivity index (χ4n) is 3.10. The van der Waals surface area contributed by atoms with Gasteiger partial charge in [-0.1, -0.05) is 13.8 Å². The third kappa shape index (κ3) is 4.18. The summed E-state index contributed by atoms with van der Waals surface area (Å²) in [7, 11) is 1.47. The molecule has 144 valence electrons. The standard InChI is InChI=1S/C20H25FN4O2/c1-13(2)19-22-14(3)11-18(23-19)24-7-9-25(10-8-24)20(26)16-6-5-15(27-4)12-17(16)21/h5-6,11-13H,7-10H2,1-4H3. The van der Waals surface area contributed by atoms with Gasteiger partial charge in [-0.05, 0) is 19.1 Å². The van der Waals surface area contributed by atoms with Crippen LogP contribution in [0.4, 0.5) is 10.2 Å². The van der Waals surface area contributed by atoms with Gasteiger partial charge in [-0.3, -0.25) is 4.79 Å². The van der Waals surface area contributed by atoms with E-state index >= 15 is 0 Å². The van der Waals surface area contributed by atoms with Crippen LogP contribution in [0, 0.1) is 12.7 Å². The molecule has 3 rings (SSSR count). The van der Waals surface area contributed by atoms with Crippen LogP contribution in [-0.4, -0.2) is 54.1 Å². The number of hydrogen-bond acceptors (Lipinski definition) is 5. The lowest BCUT2D eigenvalue weighted by Gasteiger charge is -2.35. The molecule has 2 heterocycles. The molecule has 27 heavy (non-hydrogen) atoms. The summed E-state index contributed by atoms with van der Waals surface area (Å²) in [6.07, 6.45) is 0. The monoisotopic (exact) mass is 372 g/mol. The number of halogens is 1. The van der Waals surface area contributed by atoms with Crippen LogP contribution in [0.5, 0.6) is 5.75 Å². The van der Waals surface area contributed by atoms with Gasteiger partial charge in [-0.15, -0.1) is 0 Å². The fraction of sp³-hybridized carbons (Fsp3) is 0.450. The first-order valence-corrected chi connectivity index (χ1v) is 9.12. The summed E-state index contributed by atoms with van der Waals surface area (Å²) >= 11 is 0. The van der Waals surface area contributed by atoms with Gasteiger partial charge in [0.15, 0.2) is 0 Å². The minimum atomic E-state index is -0.560. The second-order valence-electron chi connectivity index (χ2n) is 7.01. The largest absolute Gasteiger partial charge is 0.497 e. The third-order valence-electron chi connectivity index (χ3n) is 4.67. The van der Waals surface area contributed by atoms with Crippen LogP contribution in [0.15, 0.2) is 24.3 Å². The van der Waals surface area contributed by atoms with E-state index in [2.05, 4.69) is 28.7 Å². The van der Waals surface area contributed by atoms with E-state index in [-0.39, 0.29) is 17.4 Å². The normalized spacial score (nSPS) is 14.6. The molecule has 1 amide bonds. The van der Waals surface area contributed by atoms with Gasteiger partial charge in [0.1, 0.15) is 23.2 Å². The quantitative estimate of drug-likeness (QED) is 0.826. The van der Waals surface area contributed by atoms with Crippen LogP contribution in [0.2, 0.25) is 0 Å². The maximum absolute atomic E-state index is 14.2. The third-order valence-corrected chi connectivity index (χ3v) is 4.67. The Balaban J connectivity index is 1.69. The Hall–Kier alpha value is -2.70. The lowest BCUT2D eigenvalue weighted by Crippen LogP contribution is -2.49. The van der Waals surface area contributed by atoms with Crippen LogP contribution >= 0.6 is 0 Å². The van der Waals surface area contributed by atoms with Crippen molar-refractivity contribution < 1.29 is 13.9 Å². The van der Waals surface area contributed by atoms with Crippen molar-refractivity contribution in [3.05, 3.63) is 47.2 Å². The summed E-state index contributed by atoms with van der Waals surface area (Å²) in [5.74, 6) is 1.50. The predicted octanol–water partition coefficient (Wildman–Crippen LogP) is 3.02. The number of carbonyl (C=O) groups is 1. The number of piperazine rings is 1. The van der Waals surface area contributed by atoms with E-state index in [1.54, 1.807) is 11.0 Å². The molecule has 0 saturated carbocycles. The molecule has 0 radical (unpaired) electrons. The Kier molecular flexibility index (Phi) is 5.58. The Labute approximate surface area is 159 Å². The van der Waals surface area contributed by atoms with Crippen LogP contribution in [0.1, 0.15) is 41.6 Å². The van der Waals surface area contributed by atoms with Crippen molar-refractivity contribution in [3.63, 3.8) is 0 Å². The molecule has 0 spiro atoms. The Morgan fingerprint density at radius 1 is 1.15 bits per heavy atom. The number of rotatable bonds is 4. The molecule has 1 aliphatic rings. The molecule has 0 N–H and O–H groups in total. The molecule has 0 bridgehead atoms. The summed E-state index contributed by atoms with van der Waals surface area (Å²) in [4.78, 5) is 25.6. The van der Waals surface area contributed by atoms with Gasteiger partial charge >= 0.3 is 0 Å². The van der Waals surface area contributed by atoms with Gasteiger partial charge in [0.25, 0.3) is 5.91 Å². The molecule has 0 atom stereocenters. The van der Waals surface area contributed by atoms with Gasteiger partial charge in [-0.2, -0.15) is 0 Å². The van der Waals surface area contributed by atoms with Crippen LogP contribution in [0.25, 0.3) is 0 Å². The molecule has 7 heteroatoms. The van der Waals surface area contributed by atoms with Crippen LogP contribution in [-0.2, 0) is 0 Å². The number of nitrogens with zero attached hydrogens (tertiary/aromatic N) is 4. The van der Waals surface area contributed by atoms with Gasteiger partial charge in [0.2, 0.25) is 0 Å². The van der Waals surface area contributed by atoms with Gasteiger partial charge in [0.05, 0.1) is 12.7 Å². The average Bonchev–Trinajstić information content (AvgIpc) is 2.67. The summed E-state index contributed by atoms with van der Waals surface area (Å²) in [6.45, 7) is 8.43. The highest BCUT2D eigenvalue weighted by atomic mass is 19.1. The Bertz CT molecular complexity index is 833. The van der Waals surface area contributed by atoms with E-state index in [0.29, 0.717) is 31.9 Å². The number of amides is 1. The minimum Gasteiger partial charge on any atom is -0.497 e. The number of hydrogen-bond donors (Lipinski definition) is 0. The topological polar surface area (TPSA) is 58.6 Å². The second kappa shape index (κ2) is 7.90. The van der Waals surface area contributed by atoms with Gasteiger partial charge in [-0.25, -0.2) is 14.4 Å². The summed E-state index contributed by atoms with van der Waals surface area (Å²) in [5, 5.41) is 0. The number of benzene rings is 1. The molecule has 1 saturated heterocycles. The number of ether oxygens (including phenoxy) is 1. The van der Waals surface area contributed by atoms with Crippen molar-refractivity contribution in [2.24, 2.45) is 0 Å². The van der Waals surface area contributed by atoms with Crippen molar-refractivity contribution in [1.29, 1.82) is 0 Å². The van der Waals surface area contributed by atoms with Crippen LogP contribution in [0.3, 0.4) is 0 Å². The molecule has 6 nitrogen and oxygen atoms in total. The first-order valence-electron chi connectivity index (χ1n) is 9.12. The van der Waals surface area contributed by atoms with E-state index in [1.807, 2.05) is 13.0 Å². The first kappa shape index (κ1) is 19.1. The van der Waals surface area contributed by atoms with Crippen molar-refractivity contribution in [1.82, 2.24) is 14.9 Å². The molecule has 1 aliphatic heterocycles. The molecular formula is C20H25FN4O2. The van der Waals surface area contributed by atoms with Gasteiger partial charge < -0.3 is 14.5 Å². The summed E-state index contributed by atoms with van der Waals surface area (Å²) in [6, 6.07) is 6.28. The lowest BCUT2D eigenvalue weighted by molar-refractivity contribution is 0.0741. The van der Waals surface area contributed by atoms with Crippen molar-refractivity contribution >= 4 is 11.7 Å². The van der Waals surface area contributed by atoms with E-state index in [0.717, 1.165) is 17.3 Å². The fourth-order valence-corrected chi connectivity index (χ4v) is 3.10. The molecule has 2 aromatic rings. The SMILES string of the molecule is COc1ccc(C(=O)N2CCN(c3cc(C)nc(C(C)C)n3)CC2)c(F)c1. The second-order valence-corrected chi connectivity index (χ2v) is 7.01. The zero-order chi connectivity index (χ0) is 19.6. The molecular weight excluding hydrogens is 347 g/mol. The zero-order valence-electron chi connectivity index (χ0n) is 16.2. The molecule has 1 aromatic heterocycles. The molecule has 0 aliphatic carbocycles. The van der Waals surface area contributed by atoms with Crippen molar-refractivity contribution in [2.75, 3.05) is 38.2 Å². The minimum absolute atomic E-state index is 0.0734. The zero-order valence-corrected chi connectivity index (χ0v) is 16.2. The smallest absolute Gasteiger partial charge is 0.256 e. The van der Waals surface area contributed by atoms with Crippen molar-refractivity contribution in [3.8, 4) is 5.75 Å².